The van der Waals surface area contributed by atoms with Gasteiger partial charge in [-0.15, -0.1) is 10.2 Å². The zero-order valence-corrected chi connectivity index (χ0v) is 21.7. The Kier molecular flexibility index (Phi) is 8.48. The number of amides is 2. The monoisotopic (exact) mass is 503 g/mol. The molecule has 1 aliphatic heterocycles. The maximum Gasteiger partial charge on any atom is 0.254 e. The predicted octanol–water partition coefficient (Wildman–Crippen LogP) is 4.57. The van der Waals surface area contributed by atoms with Crippen molar-refractivity contribution in [1.29, 1.82) is 0 Å². The summed E-state index contributed by atoms with van der Waals surface area (Å²) in [5, 5.41) is 8.87. The van der Waals surface area contributed by atoms with Gasteiger partial charge in [0.05, 0.1) is 5.69 Å². The molecule has 0 unspecified atom stereocenters. The van der Waals surface area contributed by atoms with Gasteiger partial charge >= 0.3 is 0 Å². The maximum absolute atomic E-state index is 13.7. The predicted molar refractivity (Wildman–Crippen MR) is 143 cm³/mol. The maximum atomic E-state index is 13.7. The van der Waals surface area contributed by atoms with Gasteiger partial charge in [0.2, 0.25) is 5.91 Å². The molecule has 1 aromatic heterocycles. The number of anilines is 1. The van der Waals surface area contributed by atoms with E-state index in [1.54, 1.807) is 11.0 Å². The minimum absolute atomic E-state index is 0.0323. The lowest BCUT2D eigenvalue weighted by Crippen LogP contribution is -2.47. The second-order valence-electron chi connectivity index (χ2n) is 9.56. The molecule has 3 aromatic rings. The van der Waals surface area contributed by atoms with Crippen molar-refractivity contribution in [3.63, 3.8) is 0 Å². The van der Waals surface area contributed by atoms with E-state index in [0.717, 1.165) is 30.0 Å². The molecular formula is C29H34FN5O2. The van der Waals surface area contributed by atoms with Crippen LogP contribution in [0.5, 0.6) is 0 Å². The number of nitrogens with zero attached hydrogens (tertiary/aromatic N) is 5. The second kappa shape index (κ2) is 12.0. The molecule has 194 valence electrons. The number of hydrogen-bond acceptors (Lipinski definition) is 5. The van der Waals surface area contributed by atoms with Crippen LogP contribution in [0.1, 0.15) is 42.6 Å². The van der Waals surface area contributed by atoms with E-state index in [2.05, 4.69) is 34.2 Å². The first-order valence-electron chi connectivity index (χ1n) is 12.9. The van der Waals surface area contributed by atoms with Crippen LogP contribution in [0.25, 0.3) is 11.3 Å². The number of aryl methyl sites for hydroxylation is 1. The first-order valence-corrected chi connectivity index (χ1v) is 12.9. The van der Waals surface area contributed by atoms with Crippen LogP contribution in [-0.2, 0) is 4.79 Å². The summed E-state index contributed by atoms with van der Waals surface area (Å²) in [4.78, 5) is 31.9. The van der Waals surface area contributed by atoms with E-state index >= 15 is 0 Å². The third-order valence-electron chi connectivity index (χ3n) is 6.93. The summed E-state index contributed by atoms with van der Waals surface area (Å²) in [6.07, 6.45) is 1.48. The van der Waals surface area contributed by atoms with E-state index in [1.165, 1.54) is 23.8 Å². The molecule has 0 radical (unpaired) electrons. The Balaban J connectivity index is 1.39. The number of carbonyl (C=O) groups excluding carboxylic acids is 2. The van der Waals surface area contributed by atoms with E-state index in [9.17, 15) is 14.0 Å². The fourth-order valence-corrected chi connectivity index (χ4v) is 4.45. The number of halogens is 1. The van der Waals surface area contributed by atoms with E-state index in [0.29, 0.717) is 26.1 Å². The summed E-state index contributed by atoms with van der Waals surface area (Å²) < 4.78 is 13.7. The van der Waals surface area contributed by atoms with Crippen LogP contribution in [0.2, 0.25) is 0 Å². The van der Waals surface area contributed by atoms with Crippen LogP contribution in [0.4, 0.5) is 10.2 Å². The van der Waals surface area contributed by atoms with Crippen molar-refractivity contribution >= 4 is 17.6 Å². The molecule has 8 heteroatoms. The number of carbonyl (C=O) groups is 2. The highest BCUT2D eigenvalue weighted by Gasteiger charge is 2.27. The minimum Gasteiger partial charge on any atom is -0.353 e. The standard InChI is InChI=1S/C29H34FN5O2/c1-4-22(3)35(29(37)24-7-5-8-25(30)19-24)20-28(36)34-16-6-15-33(17-18-34)27-14-13-26(31-32-27)23-11-9-21(2)10-12-23/h5,7-14,19,22H,4,6,15-18,20H2,1-3H3/t22-/m0/s1. The van der Waals surface area contributed by atoms with Crippen molar-refractivity contribution in [3.8, 4) is 11.3 Å². The first kappa shape index (κ1) is 26.3. The Bertz CT molecular complexity index is 1220. The van der Waals surface area contributed by atoms with Gasteiger partial charge in [-0.3, -0.25) is 9.59 Å². The molecule has 1 saturated heterocycles. The quantitative estimate of drug-likeness (QED) is 0.472. The summed E-state index contributed by atoms with van der Waals surface area (Å²) in [6.45, 7) is 8.43. The molecular weight excluding hydrogens is 469 g/mol. The topological polar surface area (TPSA) is 69.6 Å². The summed E-state index contributed by atoms with van der Waals surface area (Å²) in [6, 6.07) is 17.6. The van der Waals surface area contributed by atoms with Crippen LogP contribution >= 0.6 is 0 Å². The van der Waals surface area contributed by atoms with Gasteiger partial charge in [-0.25, -0.2) is 4.39 Å². The minimum atomic E-state index is -0.469. The summed E-state index contributed by atoms with van der Waals surface area (Å²) >= 11 is 0. The Morgan fingerprint density at radius 2 is 1.78 bits per heavy atom. The summed E-state index contributed by atoms with van der Waals surface area (Å²) in [5.74, 6) is -0.119. The van der Waals surface area contributed by atoms with Crippen LogP contribution in [0, 0.1) is 12.7 Å². The molecule has 1 fully saturated rings. The molecule has 2 aromatic carbocycles. The van der Waals surface area contributed by atoms with Crippen molar-refractivity contribution in [1.82, 2.24) is 20.0 Å². The van der Waals surface area contributed by atoms with Crippen molar-refractivity contribution in [2.45, 2.75) is 39.7 Å². The fraction of sp³-hybridized carbons (Fsp3) is 0.379. The molecule has 2 heterocycles. The first-order chi connectivity index (χ1) is 17.9. The van der Waals surface area contributed by atoms with Crippen molar-refractivity contribution in [3.05, 3.63) is 77.6 Å². The number of aromatic nitrogens is 2. The second-order valence-corrected chi connectivity index (χ2v) is 9.56. The van der Waals surface area contributed by atoms with Crippen LogP contribution in [0.15, 0.2) is 60.7 Å². The van der Waals surface area contributed by atoms with Crippen LogP contribution in [-0.4, -0.2) is 70.6 Å². The molecule has 0 N–H and O–H groups in total. The molecule has 0 bridgehead atoms. The SMILES string of the molecule is CC[C@H](C)N(CC(=O)N1CCCN(c2ccc(-c3ccc(C)cc3)nn2)CC1)C(=O)c1cccc(F)c1. The average Bonchev–Trinajstić information content (AvgIpc) is 3.18. The molecule has 0 spiro atoms. The van der Waals surface area contributed by atoms with Crippen LogP contribution < -0.4 is 4.90 Å². The van der Waals surface area contributed by atoms with Gasteiger partial charge in [0.15, 0.2) is 5.82 Å². The normalized spacial score (nSPS) is 14.7. The lowest BCUT2D eigenvalue weighted by molar-refractivity contribution is -0.132. The van der Waals surface area contributed by atoms with Gasteiger partial charge in [0, 0.05) is 43.3 Å². The lowest BCUT2D eigenvalue weighted by Gasteiger charge is -2.31. The Morgan fingerprint density at radius 1 is 1.00 bits per heavy atom. The molecule has 7 nitrogen and oxygen atoms in total. The average molecular weight is 504 g/mol. The summed E-state index contributed by atoms with van der Waals surface area (Å²) in [7, 11) is 0. The number of rotatable bonds is 7. The van der Waals surface area contributed by atoms with Gasteiger partial charge in [-0.05, 0) is 57.0 Å². The van der Waals surface area contributed by atoms with Crippen molar-refractivity contribution < 1.29 is 14.0 Å². The van der Waals surface area contributed by atoms with Gasteiger partial charge < -0.3 is 14.7 Å². The Hall–Kier alpha value is -3.81. The molecule has 2 amide bonds. The molecule has 37 heavy (non-hydrogen) atoms. The third-order valence-corrected chi connectivity index (χ3v) is 6.93. The Morgan fingerprint density at radius 3 is 2.46 bits per heavy atom. The molecule has 0 saturated carbocycles. The van der Waals surface area contributed by atoms with E-state index < -0.39 is 5.82 Å². The number of hydrogen-bond donors (Lipinski definition) is 0. The molecule has 0 aliphatic carbocycles. The molecule has 1 atom stereocenters. The van der Waals surface area contributed by atoms with E-state index in [-0.39, 0.29) is 30.0 Å². The molecule has 1 aliphatic rings. The Labute approximate surface area is 217 Å². The van der Waals surface area contributed by atoms with E-state index in [1.807, 2.05) is 43.0 Å². The van der Waals surface area contributed by atoms with Crippen molar-refractivity contribution in [2.24, 2.45) is 0 Å². The largest absolute Gasteiger partial charge is 0.353 e. The highest BCUT2D eigenvalue weighted by atomic mass is 19.1. The number of benzene rings is 2. The highest BCUT2D eigenvalue weighted by molar-refractivity contribution is 5.96. The molecule has 4 rings (SSSR count). The fourth-order valence-electron chi connectivity index (χ4n) is 4.45. The lowest BCUT2D eigenvalue weighted by atomic mass is 10.1. The zero-order valence-electron chi connectivity index (χ0n) is 21.7. The summed E-state index contributed by atoms with van der Waals surface area (Å²) in [5.41, 5.74) is 3.30. The van der Waals surface area contributed by atoms with E-state index in [4.69, 9.17) is 0 Å². The third kappa shape index (κ3) is 6.50. The van der Waals surface area contributed by atoms with Gasteiger partial charge in [-0.1, -0.05) is 42.8 Å². The van der Waals surface area contributed by atoms with Gasteiger partial charge in [-0.2, -0.15) is 0 Å². The smallest absolute Gasteiger partial charge is 0.254 e. The zero-order chi connectivity index (χ0) is 26.4. The highest BCUT2D eigenvalue weighted by Crippen LogP contribution is 2.20. The van der Waals surface area contributed by atoms with Crippen molar-refractivity contribution in [2.75, 3.05) is 37.6 Å². The van der Waals surface area contributed by atoms with Gasteiger partial charge in [0.1, 0.15) is 12.4 Å². The van der Waals surface area contributed by atoms with Crippen LogP contribution in [0.3, 0.4) is 0 Å². The van der Waals surface area contributed by atoms with Gasteiger partial charge in [0.25, 0.3) is 5.91 Å².